The van der Waals surface area contributed by atoms with Crippen LogP contribution in [0, 0.1) is 5.82 Å². The largest absolute Gasteiger partial charge is 0.478 e. The Hall–Kier alpha value is -1.88. The van der Waals surface area contributed by atoms with E-state index in [4.69, 9.17) is 5.11 Å². The molecule has 1 aromatic heterocycles. The summed E-state index contributed by atoms with van der Waals surface area (Å²) >= 11 is 0. The summed E-state index contributed by atoms with van der Waals surface area (Å²) in [5.74, 6) is -1.56. The van der Waals surface area contributed by atoms with Crippen molar-refractivity contribution in [2.24, 2.45) is 7.05 Å². The van der Waals surface area contributed by atoms with Gasteiger partial charge in [0.1, 0.15) is 5.82 Å². The number of carbonyl (C=O) groups is 1. The highest BCUT2D eigenvalue weighted by atomic mass is 35.5. The molecule has 17 heavy (non-hydrogen) atoms. The van der Waals surface area contributed by atoms with Crippen LogP contribution in [0.3, 0.4) is 0 Å². The van der Waals surface area contributed by atoms with E-state index < -0.39 is 11.8 Å². The molecule has 0 amide bonds. The van der Waals surface area contributed by atoms with Crippen LogP contribution in [0.5, 0.6) is 0 Å². The lowest BCUT2D eigenvalue weighted by Crippen LogP contribution is -2.02. The maximum absolute atomic E-state index is 13.1. The maximum atomic E-state index is 13.1. The van der Waals surface area contributed by atoms with Crippen molar-refractivity contribution < 1.29 is 14.3 Å². The van der Waals surface area contributed by atoms with Gasteiger partial charge in [-0.25, -0.2) is 14.2 Å². The van der Waals surface area contributed by atoms with Crippen molar-refractivity contribution in [3.63, 3.8) is 0 Å². The SMILES string of the molecule is Cl.Cn1cncc1-c1cc(F)ccc1C(=O)O. The second kappa shape index (κ2) is 4.97. The summed E-state index contributed by atoms with van der Waals surface area (Å²) in [6.45, 7) is 0. The molecule has 2 rings (SSSR count). The van der Waals surface area contributed by atoms with Crippen LogP contribution in [0.4, 0.5) is 4.39 Å². The zero-order valence-electron chi connectivity index (χ0n) is 8.92. The third-order valence-electron chi connectivity index (χ3n) is 2.30. The summed E-state index contributed by atoms with van der Waals surface area (Å²) < 4.78 is 14.8. The van der Waals surface area contributed by atoms with Crippen molar-refractivity contribution in [2.45, 2.75) is 0 Å². The lowest BCUT2D eigenvalue weighted by atomic mass is 10.0. The van der Waals surface area contributed by atoms with Gasteiger partial charge in [0.05, 0.1) is 23.8 Å². The summed E-state index contributed by atoms with van der Waals surface area (Å²) in [7, 11) is 1.72. The Kier molecular flexibility index (Phi) is 3.85. The van der Waals surface area contributed by atoms with Crippen LogP contribution < -0.4 is 0 Å². The topological polar surface area (TPSA) is 55.1 Å². The Morgan fingerprint density at radius 3 is 2.71 bits per heavy atom. The fraction of sp³-hybridized carbons (Fsp3) is 0.0909. The number of benzene rings is 1. The number of hydrogen-bond donors (Lipinski definition) is 1. The number of imidazole rings is 1. The summed E-state index contributed by atoms with van der Waals surface area (Å²) in [6.07, 6.45) is 3.03. The smallest absolute Gasteiger partial charge is 0.336 e. The molecule has 0 atom stereocenters. The Bertz CT molecular complexity index is 554. The predicted octanol–water partition coefficient (Wildman–Crippen LogP) is 2.35. The molecule has 0 aliphatic rings. The second-order valence-electron chi connectivity index (χ2n) is 3.38. The first-order valence-electron chi connectivity index (χ1n) is 4.59. The molecule has 4 nitrogen and oxygen atoms in total. The van der Waals surface area contributed by atoms with Crippen LogP contribution in [0.15, 0.2) is 30.7 Å². The molecule has 0 unspecified atom stereocenters. The van der Waals surface area contributed by atoms with Crippen molar-refractivity contribution in [3.05, 3.63) is 42.1 Å². The van der Waals surface area contributed by atoms with E-state index in [-0.39, 0.29) is 18.0 Å². The highest BCUT2D eigenvalue weighted by Gasteiger charge is 2.14. The average molecular weight is 257 g/mol. The lowest BCUT2D eigenvalue weighted by Gasteiger charge is -2.06. The highest BCUT2D eigenvalue weighted by molar-refractivity contribution is 5.95. The van der Waals surface area contributed by atoms with Crippen LogP contribution in [0.1, 0.15) is 10.4 Å². The molecular weight excluding hydrogens is 247 g/mol. The summed E-state index contributed by atoms with van der Waals surface area (Å²) in [5.41, 5.74) is 0.953. The van der Waals surface area contributed by atoms with Gasteiger partial charge in [-0.15, -0.1) is 12.4 Å². The Morgan fingerprint density at radius 1 is 1.47 bits per heavy atom. The van der Waals surface area contributed by atoms with Crippen LogP contribution in [0.2, 0.25) is 0 Å². The van der Waals surface area contributed by atoms with Crippen molar-refractivity contribution in [3.8, 4) is 11.3 Å². The molecule has 1 N–H and O–H groups in total. The van der Waals surface area contributed by atoms with Crippen molar-refractivity contribution in [1.82, 2.24) is 9.55 Å². The molecule has 0 aliphatic carbocycles. The van der Waals surface area contributed by atoms with Gasteiger partial charge in [-0.3, -0.25) is 0 Å². The summed E-state index contributed by atoms with van der Waals surface area (Å²) in [6, 6.07) is 3.57. The number of aryl methyl sites for hydroxylation is 1. The number of aromatic nitrogens is 2. The first-order chi connectivity index (χ1) is 7.59. The number of carboxylic acid groups (broad SMARTS) is 1. The zero-order chi connectivity index (χ0) is 11.7. The van der Waals surface area contributed by atoms with Gasteiger partial charge < -0.3 is 9.67 Å². The van der Waals surface area contributed by atoms with E-state index in [0.29, 0.717) is 11.3 Å². The van der Waals surface area contributed by atoms with Gasteiger partial charge in [-0.05, 0) is 18.2 Å². The molecule has 0 spiro atoms. The third-order valence-corrected chi connectivity index (χ3v) is 2.30. The molecule has 0 aliphatic heterocycles. The van der Waals surface area contributed by atoms with Crippen LogP contribution in [0.25, 0.3) is 11.3 Å². The number of carboxylic acids is 1. The predicted molar refractivity (Wildman–Crippen MR) is 62.8 cm³/mol. The monoisotopic (exact) mass is 256 g/mol. The zero-order valence-corrected chi connectivity index (χ0v) is 9.74. The van der Waals surface area contributed by atoms with E-state index in [1.807, 2.05) is 0 Å². The number of aromatic carboxylic acids is 1. The molecular formula is C11H10ClFN2O2. The molecule has 0 bridgehead atoms. The molecule has 0 fully saturated rings. The van der Waals surface area contributed by atoms with Gasteiger partial charge in [-0.1, -0.05) is 0 Å². The molecule has 0 saturated carbocycles. The van der Waals surface area contributed by atoms with E-state index in [9.17, 15) is 9.18 Å². The number of halogens is 2. The first kappa shape index (κ1) is 13.2. The molecule has 0 saturated heterocycles. The standard InChI is InChI=1S/C11H9FN2O2.ClH/c1-14-6-13-5-10(14)9-4-7(12)2-3-8(9)11(15)16;/h2-6H,1H3,(H,15,16);1H. The third kappa shape index (κ3) is 2.45. The van der Waals surface area contributed by atoms with E-state index in [0.717, 1.165) is 6.07 Å². The minimum Gasteiger partial charge on any atom is -0.478 e. The molecule has 90 valence electrons. The van der Waals surface area contributed by atoms with Gasteiger partial charge in [0.25, 0.3) is 0 Å². The van der Waals surface area contributed by atoms with Gasteiger partial charge in [0.2, 0.25) is 0 Å². The number of hydrogen-bond acceptors (Lipinski definition) is 2. The van der Waals surface area contributed by atoms with Gasteiger partial charge in [0, 0.05) is 12.6 Å². The molecule has 1 heterocycles. The second-order valence-corrected chi connectivity index (χ2v) is 3.38. The van der Waals surface area contributed by atoms with Crippen molar-refractivity contribution >= 4 is 18.4 Å². The quantitative estimate of drug-likeness (QED) is 0.897. The Labute approximate surface area is 103 Å². The Balaban J connectivity index is 0.00000144. The number of nitrogens with zero attached hydrogens (tertiary/aromatic N) is 2. The minimum atomic E-state index is -1.09. The van der Waals surface area contributed by atoms with E-state index in [1.54, 1.807) is 11.6 Å². The van der Waals surface area contributed by atoms with Crippen LogP contribution >= 0.6 is 12.4 Å². The molecule has 1 aromatic carbocycles. The van der Waals surface area contributed by atoms with Gasteiger partial charge in [0.15, 0.2) is 0 Å². The van der Waals surface area contributed by atoms with Crippen LogP contribution in [-0.2, 0) is 7.05 Å². The van der Waals surface area contributed by atoms with E-state index in [1.165, 1.54) is 24.7 Å². The van der Waals surface area contributed by atoms with Crippen LogP contribution in [-0.4, -0.2) is 20.6 Å². The van der Waals surface area contributed by atoms with E-state index >= 15 is 0 Å². The van der Waals surface area contributed by atoms with E-state index in [2.05, 4.69) is 4.98 Å². The van der Waals surface area contributed by atoms with Gasteiger partial charge >= 0.3 is 5.97 Å². The normalized spacial score (nSPS) is 9.76. The lowest BCUT2D eigenvalue weighted by molar-refractivity contribution is 0.0697. The summed E-state index contributed by atoms with van der Waals surface area (Å²) in [5, 5.41) is 8.99. The van der Waals surface area contributed by atoms with Crippen molar-refractivity contribution in [2.75, 3.05) is 0 Å². The maximum Gasteiger partial charge on any atom is 0.336 e. The molecule has 6 heteroatoms. The van der Waals surface area contributed by atoms with Gasteiger partial charge in [-0.2, -0.15) is 0 Å². The highest BCUT2D eigenvalue weighted by Crippen LogP contribution is 2.24. The minimum absolute atomic E-state index is 0. The first-order valence-corrected chi connectivity index (χ1v) is 4.59. The fourth-order valence-electron chi connectivity index (χ4n) is 1.53. The average Bonchev–Trinajstić information content (AvgIpc) is 2.63. The van der Waals surface area contributed by atoms with Crippen molar-refractivity contribution in [1.29, 1.82) is 0 Å². The Morgan fingerprint density at radius 2 is 2.18 bits per heavy atom. The molecule has 2 aromatic rings. The molecule has 0 radical (unpaired) electrons. The number of rotatable bonds is 2. The summed E-state index contributed by atoms with van der Waals surface area (Å²) in [4.78, 5) is 14.9. The fourth-order valence-corrected chi connectivity index (χ4v) is 1.53.